The van der Waals surface area contributed by atoms with E-state index in [1.165, 1.54) is 36.0 Å². The predicted octanol–water partition coefficient (Wildman–Crippen LogP) is 7.25. The molecule has 0 saturated carbocycles. The van der Waals surface area contributed by atoms with Crippen LogP contribution in [0.2, 0.25) is 0 Å². The molecule has 176 valence electrons. The minimum Gasteiger partial charge on any atom is -0.481 e. The number of carboxylic acids is 1. The number of para-hydroxylation sites is 1. The number of hydrogen-bond donors (Lipinski definition) is 1. The Labute approximate surface area is 206 Å². The maximum Gasteiger partial charge on any atom is 0.311 e. The number of aliphatic carboxylic acids is 1. The van der Waals surface area contributed by atoms with Crippen LogP contribution in [0, 0.1) is 11.6 Å². The lowest BCUT2D eigenvalue weighted by Crippen LogP contribution is -2.16. The van der Waals surface area contributed by atoms with Crippen molar-refractivity contribution in [1.82, 2.24) is 4.57 Å². The zero-order chi connectivity index (χ0) is 24.5. The Balaban J connectivity index is 1.71. The standard InChI is InChI=1S/C29H23F2NO2S/c1-35-28-24(25(29(33)34)16-18-6-10-20(30)11-7-18)15-14-23-22-4-2-3-5-26(22)32(27(23)28)17-19-8-12-21(31)13-9-19/h2-15,25H,16-17H2,1H3,(H,33,34). The maximum absolute atomic E-state index is 13.5. The summed E-state index contributed by atoms with van der Waals surface area (Å²) >= 11 is 1.52. The average Bonchev–Trinajstić information content (AvgIpc) is 3.18. The monoisotopic (exact) mass is 487 g/mol. The largest absolute Gasteiger partial charge is 0.481 e. The second-order valence-electron chi connectivity index (χ2n) is 8.54. The summed E-state index contributed by atoms with van der Waals surface area (Å²) in [6, 6.07) is 24.4. The summed E-state index contributed by atoms with van der Waals surface area (Å²) in [5.74, 6) is -2.35. The van der Waals surface area contributed by atoms with Gasteiger partial charge < -0.3 is 9.67 Å². The minimum atomic E-state index is -0.926. The fourth-order valence-corrected chi connectivity index (χ4v) is 5.60. The molecule has 5 rings (SSSR count). The molecule has 1 N–H and O–H groups in total. The molecule has 35 heavy (non-hydrogen) atoms. The van der Waals surface area contributed by atoms with Gasteiger partial charge in [-0.15, -0.1) is 11.8 Å². The Bertz CT molecular complexity index is 1530. The molecule has 6 heteroatoms. The molecule has 1 heterocycles. The molecule has 0 spiro atoms. The van der Waals surface area contributed by atoms with E-state index in [0.717, 1.165) is 43.4 Å². The lowest BCUT2D eigenvalue weighted by molar-refractivity contribution is -0.138. The van der Waals surface area contributed by atoms with Crippen molar-refractivity contribution in [3.8, 4) is 0 Å². The van der Waals surface area contributed by atoms with Crippen molar-refractivity contribution < 1.29 is 18.7 Å². The van der Waals surface area contributed by atoms with Gasteiger partial charge in [-0.25, -0.2) is 8.78 Å². The zero-order valence-electron chi connectivity index (χ0n) is 19.0. The second-order valence-corrected chi connectivity index (χ2v) is 9.35. The van der Waals surface area contributed by atoms with Gasteiger partial charge in [0.1, 0.15) is 11.6 Å². The molecule has 1 aromatic heterocycles. The first-order valence-electron chi connectivity index (χ1n) is 11.3. The molecule has 5 aromatic rings. The molecular formula is C29H23F2NO2S. The summed E-state index contributed by atoms with van der Waals surface area (Å²) < 4.78 is 29.1. The van der Waals surface area contributed by atoms with Gasteiger partial charge in [0.25, 0.3) is 0 Å². The van der Waals surface area contributed by atoms with Gasteiger partial charge in [-0.05, 0) is 59.7 Å². The maximum atomic E-state index is 13.5. The molecule has 0 aliphatic carbocycles. The van der Waals surface area contributed by atoms with Gasteiger partial charge in [0.15, 0.2) is 0 Å². The van der Waals surface area contributed by atoms with E-state index >= 15 is 0 Å². The number of benzene rings is 4. The van der Waals surface area contributed by atoms with Crippen LogP contribution in [-0.4, -0.2) is 21.9 Å². The van der Waals surface area contributed by atoms with Crippen LogP contribution < -0.4 is 0 Å². The molecule has 1 atom stereocenters. The molecule has 3 nitrogen and oxygen atoms in total. The number of thioether (sulfide) groups is 1. The van der Waals surface area contributed by atoms with Crippen LogP contribution in [0.4, 0.5) is 8.78 Å². The summed E-state index contributed by atoms with van der Waals surface area (Å²) in [6.07, 6.45) is 2.21. The first kappa shape index (κ1) is 23.1. The van der Waals surface area contributed by atoms with Crippen molar-refractivity contribution in [2.45, 2.75) is 23.8 Å². The van der Waals surface area contributed by atoms with Gasteiger partial charge in [0.05, 0.1) is 11.4 Å². The second kappa shape index (κ2) is 9.55. The van der Waals surface area contributed by atoms with Crippen LogP contribution in [-0.2, 0) is 17.8 Å². The number of carbonyl (C=O) groups is 1. The summed E-state index contributed by atoms with van der Waals surface area (Å²) in [4.78, 5) is 13.3. The SMILES string of the molecule is CSc1c(C(Cc2ccc(F)cc2)C(=O)O)ccc2c3ccccc3n(Cc3ccc(F)cc3)c12. The van der Waals surface area contributed by atoms with E-state index in [1.807, 2.05) is 30.5 Å². The molecule has 0 bridgehead atoms. The Hall–Kier alpha value is -3.64. The van der Waals surface area contributed by atoms with Gasteiger partial charge >= 0.3 is 5.97 Å². The molecule has 0 aliphatic rings. The lowest BCUT2D eigenvalue weighted by Gasteiger charge is -2.19. The third kappa shape index (κ3) is 4.42. The molecule has 0 fully saturated rings. The van der Waals surface area contributed by atoms with Gasteiger partial charge in [0.2, 0.25) is 0 Å². The molecule has 0 radical (unpaired) electrons. The Morgan fingerprint density at radius 3 is 2.11 bits per heavy atom. The van der Waals surface area contributed by atoms with Gasteiger partial charge in [-0.2, -0.15) is 0 Å². The van der Waals surface area contributed by atoms with Gasteiger partial charge in [-0.3, -0.25) is 4.79 Å². The number of halogens is 2. The highest BCUT2D eigenvalue weighted by molar-refractivity contribution is 7.98. The molecular weight excluding hydrogens is 464 g/mol. The molecule has 1 unspecified atom stereocenters. The predicted molar refractivity (Wildman–Crippen MR) is 137 cm³/mol. The van der Waals surface area contributed by atoms with Crippen LogP contribution in [0.25, 0.3) is 21.8 Å². The van der Waals surface area contributed by atoms with E-state index in [9.17, 15) is 18.7 Å². The van der Waals surface area contributed by atoms with E-state index in [-0.39, 0.29) is 18.1 Å². The number of hydrogen-bond acceptors (Lipinski definition) is 2. The first-order valence-corrected chi connectivity index (χ1v) is 12.5. The van der Waals surface area contributed by atoms with Crippen molar-refractivity contribution in [2.75, 3.05) is 6.26 Å². The average molecular weight is 488 g/mol. The van der Waals surface area contributed by atoms with Crippen LogP contribution in [0.15, 0.2) is 89.8 Å². The molecule has 0 saturated heterocycles. The van der Waals surface area contributed by atoms with E-state index in [1.54, 1.807) is 24.3 Å². The summed E-state index contributed by atoms with van der Waals surface area (Å²) in [5, 5.41) is 12.3. The normalized spacial score (nSPS) is 12.3. The smallest absolute Gasteiger partial charge is 0.311 e. The van der Waals surface area contributed by atoms with Crippen molar-refractivity contribution in [3.63, 3.8) is 0 Å². The fourth-order valence-electron chi connectivity index (χ4n) is 4.74. The van der Waals surface area contributed by atoms with Gasteiger partial charge in [0, 0.05) is 27.7 Å². The highest BCUT2D eigenvalue weighted by Crippen LogP contribution is 2.40. The molecule has 0 amide bonds. The summed E-state index contributed by atoms with van der Waals surface area (Å²) in [7, 11) is 0. The number of rotatable bonds is 7. The van der Waals surface area contributed by atoms with Crippen LogP contribution in [0.5, 0.6) is 0 Å². The van der Waals surface area contributed by atoms with E-state index < -0.39 is 11.9 Å². The van der Waals surface area contributed by atoms with Crippen LogP contribution in [0.3, 0.4) is 0 Å². The highest BCUT2D eigenvalue weighted by Gasteiger charge is 2.26. The molecule has 4 aromatic carbocycles. The van der Waals surface area contributed by atoms with Crippen molar-refractivity contribution >= 4 is 39.5 Å². The quantitative estimate of drug-likeness (QED) is 0.246. The van der Waals surface area contributed by atoms with Crippen molar-refractivity contribution in [1.29, 1.82) is 0 Å². The third-order valence-electron chi connectivity index (χ3n) is 6.40. The highest BCUT2D eigenvalue weighted by atomic mass is 32.2. The van der Waals surface area contributed by atoms with Crippen LogP contribution in [0.1, 0.15) is 22.6 Å². The minimum absolute atomic E-state index is 0.257. The third-order valence-corrected chi connectivity index (χ3v) is 7.24. The number of nitrogens with zero attached hydrogens (tertiary/aromatic N) is 1. The van der Waals surface area contributed by atoms with Crippen molar-refractivity contribution in [2.24, 2.45) is 0 Å². The number of fused-ring (bicyclic) bond motifs is 3. The fraction of sp³-hybridized carbons (Fsp3) is 0.138. The number of carboxylic acid groups (broad SMARTS) is 1. The van der Waals surface area contributed by atoms with E-state index in [2.05, 4.69) is 16.7 Å². The zero-order valence-corrected chi connectivity index (χ0v) is 19.9. The van der Waals surface area contributed by atoms with Crippen molar-refractivity contribution in [3.05, 3.63) is 113 Å². The lowest BCUT2D eigenvalue weighted by atomic mass is 9.91. The summed E-state index contributed by atoms with van der Waals surface area (Å²) in [5.41, 5.74) is 4.44. The Morgan fingerprint density at radius 1 is 0.857 bits per heavy atom. The first-order chi connectivity index (χ1) is 17.0. The van der Waals surface area contributed by atoms with E-state index in [4.69, 9.17) is 0 Å². The Kier molecular flexibility index (Phi) is 6.31. The molecule has 0 aliphatic heterocycles. The summed E-state index contributed by atoms with van der Waals surface area (Å²) in [6.45, 7) is 0.525. The van der Waals surface area contributed by atoms with Gasteiger partial charge in [-0.1, -0.05) is 54.6 Å². The Morgan fingerprint density at radius 2 is 1.49 bits per heavy atom. The number of aromatic nitrogens is 1. The van der Waals surface area contributed by atoms with Crippen LogP contribution >= 0.6 is 11.8 Å². The topological polar surface area (TPSA) is 42.2 Å². The van der Waals surface area contributed by atoms with E-state index in [0.29, 0.717) is 6.54 Å².